The van der Waals surface area contributed by atoms with Crippen molar-refractivity contribution in [2.75, 3.05) is 7.11 Å². The molecular weight excluding hydrogens is 216 g/mol. The third-order valence-corrected chi connectivity index (χ3v) is 2.72. The van der Waals surface area contributed by atoms with E-state index < -0.39 is 12.0 Å². The van der Waals surface area contributed by atoms with E-state index in [0.29, 0.717) is 6.42 Å². The second kappa shape index (κ2) is 4.71. The number of para-hydroxylation sites is 1. The lowest BCUT2D eigenvalue weighted by Gasteiger charge is -2.02. The molecule has 0 bridgehead atoms. The van der Waals surface area contributed by atoms with Crippen LogP contribution in [-0.4, -0.2) is 24.1 Å². The van der Waals surface area contributed by atoms with Gasteiger partial charge in [-0.1, -0.05) is 18.2 Å². The number of carbonyl (C=O) groups is 1. The molecular formula is C13H12N2O2. The van der Waals surface area contributed by atoms with Crippen LogP contribution in [0.2, 0.25) is 0 Å². The molecule has 0 amide bonds. The number of aromatic nitrogens is 1. The third-order valence-electron chi connectivity index (χ3n) is 2.72. The Morgan fingerprint density at radius 2 is 2.29 bits per heavy atom. The fourth-order valence-electron chi connectivity index (χ4n) is 1.83. The molecule has 0 aliphatic rings. The van der Waals surface area contributed by atoms with Crippen LogP contribution in [0.25, 0.3) is 15.7 Å². The summed E-state index contributed by atoms with van der Waals surface area (Å²) >= 11 is 0. The molecule has 0 saturated carbocycles. The molecule has 2 aromatic rings. The average molecular weight is 228 g/mol. The fraction of sp³-hybridized carbons (Fsp3) is 0.231. The van der Waals surface area contributed by atoms with Crippen LogP contribution in [0.5, 0.6) is 0 Å². The van der Waals surface area contributed by atoms with Gasteiger partial charge in [-0.3, -0.25) is 0 Å². The summed E-state index contributed by atoms with van der Waals surface area (Å²) in [5.41, 5.74) is 1.98. The number of nitrogens with zero attached hydrogens (tertiary/aromatic N) is 1. The molecule has 1 N–H and O–H groups in total. The van der Waals surface area contributed by atoms with Crippen molar-refractivity contribution in [3.05, 3.63) is 47.4 Å². The number of hydrogen-bond donors (Lipinski definition) is 1. The lowest BCUT2D eigenvalue weighted by atomic mass is 10.1. The quantitative estimate of drug-likeness (QED) is 0.646. The van der Waals surface area contributed by atoms with Crippen LogP contribution in [0, 0.1) is 6.57 Å². The van der Waals surface area contributed by atoms with Crippen LogP contribution < -0.4 is 0 Å². The Morgan fingerprint density at radius 1 is 1.53 bits per heavy atom. The molecule has 0 aliphatic heterocycles. The summed E-state index contributed by atoms with van der Waals surface area (Å²) in [5.74, 6) is -0.481. The zero-order chi connectivity index (χ0) is 12.3. The second-order valence-electron chi connectivity index (χ2n) is 3.73. The number of nitrogens with one attached hydrogen (secondary N) is 1. The molecule has 1 heterocycles. The van der Waals surface area contributed by atoms with Crippen molar-refractivity contribution in [1.29, 1.82) is 0 Å². The van der Waals surface area contributed by atoms with Gasteiger partial charge in [0.15, 0.2) is 0 Å². The van der Waals surface area contributed by atoms with Gasteiger partial charge in [-0.2, -0.15) is 0 Å². The first-order valence-corrected chi connectivity index (χ1v) is 5.25. The number of benzene rings is 1. The zero-order valence-electron chi connectivity index (χ0n) is 9.43. The highest BCUT2D eigenvalue weighted by atomic mass is 16.5. The van der Waals surface area contributed by atoms with Crippen LogP contribution in [-0.2, 0) is 16.0 Å². The summed E-state index contributed by atoms with van der Waals surface area (Å²) in [6.45, 7) is 7.02. The minimum Gasteiger partial charge on any atom is -0.463 e. The maximum Gasteiger partial charge on any atom is 0.390 e. The van der Waals surface area contributed by atoms with Crippen LogP contribution in [0.1, 0.15) is 5.56 Å². The number of rotatable bonds is 3. The number of H-pyrrole nitrogens is 1. The van der Waals surface area contributed by atoms with Gasteiger partial charge in [-0.05, 0) is 11.6 Å². The summed E-state index contributed by atoms with van der Waals surface area (Å²) in [5, 5.41) is 1.05. The summed E-state index contributed by atoms with van der Waals surface area (Å²) < 4.78 is 4.60. The van der Waals surface area contributed by atoms with E-state index in [1.807, 2.05) is 30.5 Å². The van der Waals surface area contributed by atoms with Crippen molar-refractivity contribution in [3.8, 4) is 0 Å². The fourth-order valence-corrected chi connectivity index (χ4v) is 1.83. The lowest BCUT2D eigenvalue weighted by molar-refractivity contribution is -0.141. The summed E-state index contributed by atoms with van der Waals surface area (Å²) in [6, 6.07) is 7.04. The van der Waals surface area contributed by atoms with Gasteiger partial charge < -0.3 is 14.6 Å². The van der Waals surface area contributed by atoms with Gasteiger partial charge in [0.1, 0.15) is 0 Å². The minimum absolute atomic E-state index is 0.375. The van der Waals surface area contributed by atoms with E-state index in [9.17, 15) is 4.79 Å². The maximum atomic E-state index is 11.4. The number of carbonyl (C=O) groups excluding carboxylic acids is 1. The molecule has 1 aromatic carbocycles. The van der Waals surface area contributed by atoms with Crippen molar-refractivity contribution in [1.82, 2.24) is 4.98 Å². The molecule has 0 saturated heterocycles. The normalized spacial score (nSPS) is 12.0. The van der Waals surface area contributed by atoms with Gasteiger partial charge >= 0.3 is 12.0 Å². The number of esters is 1. The van der Waals surface area contributed by atoms with E-state index in [0.717, 1.165) is 16.5 Å². The summed E-state index contributed by atoms with van der Waals surface area (Å²) in [7, 11) is 1.30. The average Bonchev–Trinajstić information content (AvgIpc) is 2.78. The Bertz CT molecular complexity index is 580. The Hall–Kier alpha value is -2.28. The van der Waals surface area contributed by atoms with Gasteiger partial charge in [-0.25, -0.2) is 11.4 Å². The van der Waals surface area contributed by atoms with Crippen molar-refractivity contribution in [2.45, 2.75) is 12.5 Å². The first kappa shape index (κ1) is 11.2. The molecule has 17 heavy (non-hydrogen) atoms. The second-order valence-corrected chi connectivity index (χ2v) is 3.73. The minimum atomic E-state index is -0.765. The number of fused-ring (bicyclic) bond motifs is 1. The van der Waals surface area contributed by atoms with E-state index in [-0.39, 0.29) is 0 Å². The topological polar surface area (TPSA) is 46.5 Å². The SMILES string of the molecule is [C-]#[N+][C@H](Cc1c[nH]c2ccccc12)C(=O)OC. The first-order valence-electron chi connectivity index (χ1n) is 5.25. The molecule has 4 nitrogen and oxygen atoms in total. The Balaban J connectivity index is 2.29. The molecule has 0 fully saturated rings. The molecule has 4 heteroatoms. The summed E-state index contributed by atoms with van der Waals surface area (Å²) in [6.07, 6.45) is 2.21. The van der Waals surface area contributed by atoms with Gasteiger partial charge in [-0.15, -0.1) is 0 Å². The van der Waals surface area contributed by atoms with E-state index in [1.165, 1.54) is 7.11 Å². The molecule has 1 aromatic heterocycles. The largest absolute Gasteiger partial charge is 0.463 e. The van der Waals surface area contributed by atoms with Crippen molar-refractivity contribution in [3.63, 3.8) is 0 Å². The van der Waals surface area contributed by atoms with Crippen LogP contribution in [0.4, 0.5) is 0 Å². The van der Waals surface area contributed by atoms with Gasteiger partial charge in [0, 0.05) is 17.1 Å². The zero-order valence-corrected chi connectivity index (χ0v) is 9.43. The molecule has 0 spiro atoms. The third kappa shape index (κ3) is 2.13. The standard InChI is InChI=1S/C13H12N2O2/c1-14-12(13(16)17-2)7-9-8-15-11-6-4-3-5-10(9)11/h3-6,8,12,15H,7H2,2H3/t12-/m1/s1. The molecule has 0 radical (unpaired) electrons. The van der Waals surface area contributed by atoms with Crippen molar-refractivity contribution >= 4 is 16.9 Å². The van der Waals surface area contributed by atoms with Gasteiger partial charge in [0.25, 0.3) is 0 Å². The predicted octanol–water partition coefficient (Wildman–Crippen LogP) is 2.17. The molecule has 2 rings (SSSR count). The number of methoxy groups -OCH3 is 1. The van der Waals surface area contributed by atoms with E-state index in [2.05, 4.69) is 14.6 Å². The number of hydrogen-bond acceptors (Lipinski definition) is 2. The van der Waals surface area contributed by atoms with Gasteiger partial charge in [0.05, 0.1) is 13.5 Å². The maximum absolute atomic E-state index is 11.4. The molecule has 0 aliphatic carbocycles. The van der Waals surface area contributed by atoms with E-state index in [1.54, 1.807) is 0 Å². The van der Waals surface area contributed by atoms with Gasteiger partial charge in [0.2, 0.25) is 0 Å². The van der Waals surface area contributed by atoms with Crippen molar-refractivity contribution < 1.29 is 9.53 Å². The number of ether oxygens (including phenoxy) is 1. The van der Waals surface area contributed by atoms with E-state index in [4.69, 9.17) is 6.57 Å². The highest BCUT2D eigenvalue weighted by Crippen LogP contribution is 2.20. The highest BCUT2D eigenvalue weighted by Gasteiger charge is 2.25. The smallest absolute Gasteiger partial charge is 0.390 e. The predicted molar refractivity (Wildman–Crippen MR) is 64.4 cm³/mol. The summed E-state index contributed by atoms with van der Waals surface area (Å²) in [4.78, 5) is 17.8. The van der Waals surface area contributed by atoms with Crippen LogP contribution in [0.3, 0.4) is 0 Å². The monoisotopic (exact) mass is 228 g/mol. The Kier molecular flexibility index (Phi) is 3.10. The number of aromatic amines is 1. The Morgan fingerprint density at radius 3 is 3.00 bits per heavy atom. The first-order chi connectivity index (χ1) is 8.26. The van der Waals surface area contributed by atoms with Crippen LogP contribution in [0.15, 0.2) is 30.5 Å². The Labute approximate surface area is 99.0 Å². The lowest BCUT2D eigenvalue weighted by Crippen LogP contribution is -2.20. The highest BCUT2D eigenvalue weighted by molar-refractivity contribution is 5.85. The molecule has 0 unspecified atom stereocenters. The van der Waals surface area contributed by atoms with Crippen molar-refractivity contribution in [2.24, 2.45) is 0 Å². The molecule has 86 valence electrons. The van der Waals surface area contributed by atoms with Crippen LogP contribution >= 0.6 is 0 Å². The molecule has 1 atom stereocenters. The van der Waals surface area contributed by atoms with E-state index >= 15 is 0 Å².